The Morgan fingerprint density at radius 1 is 1.21 bits per heavy atom. The Morgan fingerprint density at radius 2 is 1.93 bits per heavy atom. The fraction of sp³-hybridized carbons (Fsp3) is 0.400. The van der Waals surface area contributed by atoms with Gasteiger partial charge in [-0.05, 0) is 69.0 Å². The molecule has 28 heavy (non-hydrogen) atoms. The van der Waals surface area contributed by atoms with Crippen molar-refractivity contribution in [1.82, 2.24) is 4.31 Å². The number of furan rings is 1. The van der Waals surface area contributed by atoms with E-state index in [1.807, 2.05) is 13.8 Å². The molecule has 3 rings (SSSR count). The van der Waals surface area contributed by atoms with Crippen LogP contribution in [0.5, 0.6) is 0 Å². The van der Waals surface area contributed by atoms with E-state index in [4.69, 9.17) is 9.25 Å². The summed E-state index contributed by atoms with van der Waals surface area (Å²) in [6, 6.07) is 9.26. The molecule has 8 heteroatoms. The van der Waals surface area contributed by atoms with Gasteiger partial charge in [0, 0.05) is 13.1 Å². The predicted octanol–water partition coefficient (Wildman–Crippen LogP) is 3.59. The standard InChI is InChI=1S/C20H24N2O5S/c1-14-5-4-12-22(13-14)28(24,25)18-9-7-17(8-10-18)20(23)27-21-16(3)19-11-6-15(2)26-19/h6-11,14H,4-5,12-13H2,1-3H3/b21-16-/t14-/m0/s1. The van der Waals surface area contributed by atoms with Crippen molar-refractivity contribution in [3.05, 3.63) is 53.5 Å². The van der Waals surface area contributed by atoms with Gasteiger partial charge in [-0.25, -0.2) is 13.2 Å². The summed E-state index contributed by atoms with van der Waals surface area (Å²) in [5, 5.41) is 3.78. The van der Waals surface area contributed by atoms with Crippen LogP contribution in [0.4, 0.5) is 0 Å². The summed E-state index contributed by atoms with van der Waals surface area (Å²) in [6.45, 7) is 6.57. The number of hydrogen-bond acceptors (Lipinski definition) is 6. The van der Waals surface area contributed by atoms with Gasteiger partial charge in [-0.15, -0.1) is 0 Å². The second-order valence-corrected chi connectivity index (χ2v) is 9.04. The number of piperidine rings is 1. The first kappa shape index (κ1) is 20.3. The highest BCUT2D eigenvalue weighted by atomic mass is 32.2. The van der Waals surface area contributed by atoms with E-state index in [0.717, 1.165) is 18.6 Å². The molecule has 150 valence electrons. The monoisotopic (exact) mass is 404 g/mol. The van der Waals surface area contributed by atoms with Crippen molar-refractivity contribution in [1.29, 1.82) is 0 Å². The molecule has 2 heterocycles. The Balaban J connectivity index is 1.69. The van der Waals surface area contributed by atoms with Crippen LogP contribution in [0, 0.1) is 12.8 Å². The largest absolute Gasteiger partial charge is 0.460 e. The molecule has 2 aromatic rings. The average Bonchev–Trinajstić information content (AvgIpc) is 3.12. The van der Waals surface area contributed by atoms with Crippen molar-refractivity contribution in [3.63, 3.8) is 0 Å². The van der Waals surface area contributed by atoms with Gasteiger partial charge < -0.3 is 9.25 Å². The van der Waals surface area contributed by atoms with E-state index in [0.29, 0.717) is 30.5 Å². The molecular weight excluding hydrogens is 380 g/mol. The Labute approximate surface area is 165 Å². The number of oxime groups is 1. The molecule has 1 aromatic heterocycles. The van der Waals surface area contributed by atoms with Gasteiger partial charge >= 0.3 is 5.97 Å². The molecule has 0 unspecified atom stereocenters. The minimum Gasteiger partial charge on any atom is -0.460 e. The minimum atomic E-state index is -3.56. The van der Waals surface area contributed by atoms with Crippen LogP contribution in [0.25, 0.3) is 0 Å². The van der Waals surface area contributed by atoms with E-state index in [9.17, 15) is 13.2 Å². The normalized spacial score (nSPS) is 18.8. The first-order valence-corrected chi connectivity index (χ1v) is 10.6. The molecule has 1 atom stereocenters. The summed E-state index contributed by atoms with van der Waals surface area (Å²) in [6.07, 6.45) is 1.89. The zero-order valence-corrected chi connectivity index (χ0v) is 17.0. The maximum atomic E-state index is 12.8. The average molecular weight is 404 g/mol. The molecule has 1 aliphatic heterocycles. The van der Waals surface area contributed by atoms with Crippen molar-refractivity contribution in [3.8, 4) is 0 Å². The van der Waals surface area contributed by atoms with Crippen LogP contribution in [0.3, 0.4) is 0 Å². The van der Waals surface area contributed by atoms with Crippen molar-refractivity contribution >= 4 is 21.7 Å². The smallest absolute Gasteiger partial charge is 0.365 e. The van der Waals surface area contributed by atoms with Gasteiger partial charge in [-0.1, -0.05) is 12.1 Å². The molecule has 0 saturated carbocycles. The molecule has 1 aliphatic rings. The SMILES string of the molecule is C/C(=N/OC(=O)c1ccc(S(=O)(=O)N2CCC[C@H](C)C2)cc1)c1ccc(C)o1. The van der Waals surface area contributed by atoms with Crippen LogP contribution < -0.4 is 0 Å². The molecule has 0 bridgehead atoms. The lowest BCUT2D eigenvalue weighted by atomic mass is 10.0. The number of carbonyl (C=O) groups is 1. The Bertz CT molecular complexity index is 976. The summed E-state index contributed by atoms with van der Waals surface area (Å²) in [5.74, 6) is 0.924. The van der Waals surface area contributed by atoms with Crippen LogP contribution in [0.15, 0.2) is 50.9 Å². The molecule has 0 N–H and O–H groups in total. The fourth-order valence-corrected chi connectivity index (χ4v) is 4.71. The topological polar surface area (TPSA) is 89.2 Å². The molecule has 1 aromatic carbocycles. The minimum absolute atomic E-state index is 0.170. The maximum Gasteiger partial charge on any atom is 0.365 e. The lowest BCUT2D eigenvalue weighted by molar-refractivity contribution is 0.0516. The van der Waals surface area contributed by atoms with E-state index in [1.54, 1.807) is 19.1 Å². The number of rotatable bonds is 5. The Kier molecular flexibility index (Phi) is 6.00. The van der Waals surface area contributed by atoms with Gasteiger partial charge in [0.25, 0.3) is 0 Å². The molecule has 1 saturated heterocycles. The van der Waals surface area contributed by atoms with Gasteiger partial charge in [-0.3, -0.25) is 0 Å². The van der Waals surface area contributed by atoms with Crippen molar-refractivity contribution in [2.75, 3.05) is 13.1 Å². The third-order valence-corrected chi connectivity index (χ3v) is 6.59. The zero-order chi connectivity index (χ0) is 20.3. The summed E-state index contributed by atoms with van der Waals surface area (Å²) in [4.78, 5) is 17.3. The number of sulfonamides is 1. The second kappa shape index (κ2) is 8.28. The van der Waals surface area contributed by atoms with E-state index in [2.05, 4.69) is 5.16 Å². The van der Waals surface area contributed by atoms with Crippen LogP contribution in [-0.2, 0) is 14.9 Å². The second-order valence-electron chi connectivity index (χ2n) is 7.10. The van der Waals surface area contributed by atoms with Crippen LogP contribution in [0.2, 0.25) is 0 Å². The van der Waals surface area contributed by atoms with Crippen LogP contribution in [0.1, 0.15) is 48.6 Å². The molecule has 0 spiro atoms. The van der Waals surface area contributed by atoms with Gasteiger partial charge in [0.1, 0.15) is 11.5 Å². The highest BCUT2D eigenvalue weighted by molar-refractivity contribution is 7.89. The molecular formula is C20H24N2O5S. The lowest BCUT2D eigenvalue weighted by Crippen LogP contribution is -2.39. The van der Waals surface area contributed by atoms with Gasteiger partial charge in [0.05, 0.1) is 10.5 Å². The van der Waals surface area contributed by atoms with Gasteiger partial charge in [0.2, 0.25) is 10.0 Å². The number of hydrogen-bond donors (Lipinski definition) is 0. The van der Waals surface area contributed by atoms with E-state index >= 15 is 0 Å². The third-order valence-electron chi connectivity index (χ3n) is 4.71. The quantitative estimate of drug-likeness (QED) is 0.432. The first-order valence-electron chi connectivity index (χ1n) is 9.20. The highest BCUT2D eigenvalue weighted by Crippen LogP contribution is 2.23. The van der Waals surface area contributed by atoms with Gasteiger partial charge in [0.15, 0.2) is 5.76 Å². The molecule has 1 fully saturated rings. The van der Waals surface area contributed by atoms with E-state index in [-0.39, 0.29) is 10.5 Å². The van der Waals surface area contributed by atoms with E-state index < -0.39 is 16.0 Å². The van der Waals surface area contributed by atoms with Crippen LogP contribution in [-0.4, -0.2) is 37.5 Å². The number of carbonyl (C=O) groups excluding carboxylic acids is 1. The molecule has 0 radical (unpaired) electrons. The first-order chi connectivity index (χ1) is 13.3. The fourth-order valence-electron chi connectivity index (χ4n) is 3.11. The number of aryl methyl sites for hydroxylation is 1. The zero-order valence-electron chi connectivity index (χ0n) is 16.2. The summed E-state index contributed by atoms with van der Waals surface area (Å²) < 4.78 is 32.4. The summed E-state index contributed by atoms with van der Waals surface area (Å²) in [5.41, 5.74) is 0.651. The summed E-state index contributed by atoms with van der Waals surface area (Å²) in [7, 11) is -3.56. The Morgan fingerprint density at radius 3 is 2.54 bits per heavy atom. The highest BCUT2D eigenvalue weighted by Gasteiger charge is 2.28. The van der Waals surface area contributed by atoms with Crippen molar-refractivity contribution in [2.24, 2.45) is 11.1 Å². The lowest BCUT2D eigenvalue weighted by Gasteiger charge is -2.30. The van der Waals surface area contributed by atoms with Crippen molar-refractivity contribution < 1.29 is 22.5 Å². The predicted molar refractivity (Wildman–Crippen MR) is 105 cm³/mol. The molecule has 0 aliphatic carbocycles. The maximum absolute atomic E-state index is 12.8. The number of benzene rings is 1. The van der Waals surface area contributed by atoms with Gasteiger partial charge in [-0.2, -0.15) is 4.31 Å². The van der Waals surface area contributed by atoms with Crippen molar-refractivity contribution in [2.45, 2.75) is 38.5 Å². The summed E-state index contributed by atoms with van der Waals surface area (Å²) >= 11 is 0. The number of nitrogens with zero attached hydrogens (tertiary/aromatic N) is 2. The molecule has 7 nitrogen and oxygen atoms in total. The molecule has 0 amide bonds. The Hall–Kier alpha value is -2.45. The van der Waals surface area contributed by atoms with Crippen LogP contribution >= 0.6 is 0 Å². The third kappa shape index (κ3) is 4.51. The van der Waals surface area contributed by atoms with E-state index in [1.165, 1.54) is 28.6 Å².